The molecule has 0 bridgehead atoms. The van der Waals surface area contributed by atoms with E-state index in [1.54, 1.807) is 14.2 Å². The summed E-state index contributed by atoms with van der Waals surface area (Å²) in [4.78, 5) is 11.4. The first-order chi connectivity index (χ1) is 9.21. The highest BCUT2D eigenvalue weighted by Gasteiger charge is 2.06. The number of hydrogen-bond acceptors (Lipinski definition) is 4. The van der Waals surface area contributed by atoms with Gasteiger partial charge in [-0.2, -0.15) is 0 Å². The molecule has 1 aromatic rings. The van der Waals surface area contributed by atoms with Crippen molar-refractivity contribution in [1.82, 2.24) is 5.32 Å². The minimum Gasteiger partial charge on any atom is -0.497 e. The predicted molar refractivity (Wildman–Crippen MR) is 74.5 cm³/mol. The lowest BCUT2D eigenvalue weighted by Crippen LogP contribution is -2.26. The Morgan fingerprint density at radius 3 is 2.74 bits per heavy atom. The monoisotopic (exact) mass is 266 g/mol. The molecule has 0 aromatic heterocycles. The molecular formula is C14H22N2O3. The molecule has 1 aromatic carbocycles. The molecule has 0 unspecified atom stereocenters. The van der Waals surface area contributed by atoms with Crippen molar-refractivity contribution in [2.45, 2.75) is 19.3 Å². The quantitative estimate of drug-likeness (QED) is 0.739. The van der Waals surface area contributed by atoms with E-state index in [4.69, 9.17) is 15.2 Å². The number of nitrogens with two attached hydrogens (primary N) is 1. The fraction of sp³-hybridized carbons (Fsp3) is 0.500. The molecule has 0 atom stereocenters. The number of hydrogen-bond donors (Lipinski definition) is 2. The summed E-state index contributed by atoms with van der Waals surface area (Å²) in [6.45, 7) is 1.12. The summed E-state index contributed by atoms with van der Waals surface area (Å²) in [5.41, 5.74) is 6.37. The number of amides is 1. The van der Waals surface area contributed by atoms with Gasteiger partial charge in [-0.15, -0.1) is 0 Å². The minimum atomic E-state index is 0.0345. The molecule has 0 aliphatic heterocycles. The number of nitrogens with one attached hydrogen (secondary N) is 1. The number of methoxy groups -OCH3 is 2. The van der Waals surface area contributed by atoms with Gasteiger partial charge in [-0.3, -0.25) is 4.79 Å². The van der Waals surface area contributed by atoms with E-state index in [0.29, 0.717) is 32.4 Å². The van der Waals surface area contributed by atoms with Gasteiger partial charge in [0, 0.05) is 13.0 Å². The van der Waals surface area contributed by atoms with Crippen molar-refractivity contribution in [3.63, 3.8) is 0 Å². The Bertz CT molecular complexity index is 408. The first kappa shape index (κ1) is 15.3. The Morgan fingerprint density at radius 1 is 1.32 bits per heavy atom. The van der Waals surface area contributed by atoms with E-state index in [-0.39, 0.29) is 5.91 Å². The predicted octanol–water partition coefficient (Wildman–Crippen LogP) is 1.10. The first-order valence-corrected chi connectivity index (χ1v) is 6.39. The summed E-state index contributed by atoms with van der Waals surface area (Å²) >= 11 is 0. The van der Waals surface area contributed by atoms with Gasteiger partial charge in [-0.25, -0.2) is 0 Å². The van der Waals surface area contributed by atoms with E-state index in [1.807, 2.05) is 18.2 Å². The van der Waals surface area contributed by atoms with Gasteiger partial charge in [0.25, 0.3) is 0 Å². The zero-order chi connectivity index (χ0) is 14.1. The Kier molecular flexibility index (Phi) is 6.74. The van der Waals surface area contributed by atoms with E-state index in [0.717, 1.165) is 17.1 Å². The number of benzene rings is 1. The number of rotatable bonds is 8. The van der Waals surface area contributed by atoms with E-state index >= 15 is 0 Å². The van der Waals surface area contributed by atoms with Crippen LogP contribution in [0, 0.1) is 0 Å². The molecule has 0 saturated heterocycles. The molecule has 106 valence electrons. The fourth-order valence-electron chi connectivity index (χ4n) is 1.76. The van der Waals surface area contributed by atoms with Crippen LogP contribution in [0.5, 0.6) is 11.5 Å². The van der Waals surface area contributed by atoms with Crippen molar-refractivity contribution in [1.29, 1.82) is 0 Å². The molecule has 0 spiro atoms. The summed E-state index contributed by atoms with van der Waals surface area (Å²) in [7, 11) is 3.26. The second-order valence-electron chi connectivity index (χ2n) is 4.17. The lowest BCUT2D eigenvalue weighted by atomic mass is 10.1. The highest BCUT2D eigenvalue weighted by atomic mass is 16.5. The lowest BCUT2D eigenvalue weighted by Gasteiger charge is -2.11. The minimum absolute atomic E-state index is 0.0345. The fourth-order valence-corrected chi connectivity index (χ4v) is 1.76. The van der Waals surface area contributed by atoms with Crippen molar-refractivity contribution < 1.29 is 14.3 Å². The van der Waals surface area contributed by atoms with E-state index in [1.165, 1.54) is 0 Å². The highest BCUT2D eigenvalue weighted by molar-refractivity contribution is 5.75. The summed E-state index contributed by atoms with van der Waals surface area (Å²) in [6, 6.07) is 5.64. The molecule has 0 fully saturated rings. The van der Waals surface area contributed by atoms with Crippen molar-refractivity contribution in [3.05, 3.63) is 23.8 Å². The van der Waals surface area contributed by atoms with E-state index in [2.05, 4.69) is 5.32 Å². The molecule has 1 rings (SSSR count). The first-order valence-electron chi connectivity index (χ1n) is 6.39. The average Bonchev–Trinajstić information content (AvgIpc) is 2.44. The van der Waals surface area contributed by atoms with Gasteiger partial charge in [0.2, 0.25) is 5.91 Å². The van der Waals surface area contributed by atoms with E-state index in [9.17, 15) is 4.79 Å². The van der Waals surface area contributed by atoms with Gasteiger partial charge in [-0.05, 0) is 43.1 Å². The highest BCUT2D eigenvalue weighted by Crippen LogP contribution is 2.24. The molecule has 0 saturated carbocycles. The Balaban J connectivity index is 2.49. The van der Waals surface area contributed by atoms with Crippen LogP contribution in [0.1, 0.15) is 18.4 Å². The maximum atomic E-state index is 11.4. The Morgan fingerprint density at radius 2 is 2.11 bits per heavy atom. The van der Waals surface area contributed by atoms with Crippen LogP contribution in [-0.4, -0.2) is 33.2 Å². The van der Waals surface area contributed by atoms with Gasteiger partial charge in [-0.1, -0.05) is 0 Å². The zero-order valence-electron chi connectivity index (χ0n) is 11.6. The zero-order valence-corrected chi connectivity index (χ0v) is 11.6. The Labute approximate surface area is 114 Å². The van der Waals surface area contributed by atoms with Crippen LogP contribution in [0.4, 0.5) is 0 Å². The number of carbonyl (C=O) groups is 1. The third-order valence-corrected chi connectivity index (χ3v) is 2.81. The summed E-state index contributed by atoms with van der Waals surface area (Å²) < 4.78 is 10.5. The van der Waals surface area contributed by atoms with Crippen LogP contribution < -0.4 is 20.5 Å². The summed E-state index contributed by atoms with van der Waals surface area (Å²) in [5, 5.41) is 2.86. The number of carbonyl (C=O) groups excluding carboxylic acids is 1. The number of ether oxygens (including phenoxy) is 2. The van der Waals surface area contributed by atoms with Crippen molar-refractivity contribution in [2.75, 3.05) is 27.3 Å². The molecule has 5 nitrogen and oxygen atoms in total. The van der Waals surface area contributed by atoms with E-state index < -0.39 is 0 Å². The molecule has 19 heavy (non-hydrogen) atoms. The topological polar surface area (TPSA) is 73.6 Å². The second-order valence-corrected chi connectivity index (χ2v) is 4.17. The molecule has 1 amide bonds. The molecule has 0 radical (unpaired) electrons. The average molecular weight is 266 g/mol. The van der Waals surface area contributed by atoms with Crippen LogP contribution >= 0.6 is 0 Å². The van der Waals surface area contributed by atoms with Gasteiger partial charge < -0.3 is 20.5 Å². The molecular weight excluding hydrogens is 244 g/mol. The third-order valence-electron chi connectivity index (χ3n) is 2.81. The maximum Gasteiger partial charge on any atom is 0.220 e. The van der Waals surface area contributed by atoms with Gasteiger partial charge >= 0.3 is 0 Å². The van der Waals surface area contributed by atoms with Gasteiger partial charge in [0.05, 0.1) is 14.2 Å². The molecule has 5 heteroatoms. The van der Waals surface area contributed by atoms with Crippen LogP contribution in [0.25, 0.3) is 0 Å². The standard InChI is InChI=1S/C14H22N2O3/c1-18-12-5-6-13(19-2)11(10-12)7-9-16-14(17)4-3-8-15/h5-6,10H,3-4,7-9,15H2,1-2H3,(H,16,17). The van der Waals surface area contributed by atoms with Crippen molar-refractivity contribution in [2.24, 2.45) is 5.73 Å². The largest absolute Gasteiger partial charge is 0.497 e. The van der Waals surface area contributed by atoms with Gasteiger partial charge in [0.1, 0.15) is 11.5 Å². The maximum absolute atomic E-state index is 11.4. The lowest BCUT2D eigenvalue weighted by molar-refractivity contribution is -0.121. The second kappa shape index (κ2) is 8.37. The summed E-state index contributed by atoms with van der Waals surface area (Å²) in [6.07, 6.45) is 1.90. The van der Waals surface area contributed by atoms with Crippen LogP contribution in [0.3, 0.4) is 0 Å². The third kappa shape index (κ3) is 5.18. The van der Waals surface area contributed by atoms with Crippen molar-refractivity contribution in [3.8, 4) is 11.5 Å². The smallest absolute Gasteiger partial charge is 0.220 e. The molecule has 0 aliphatic rings. The Hall–Kier alpha value is -1.75. The molecule has 0 heterocycles. The summed E-state index contributed by atoms with van der Waals surface area (Å²) in [5.74, 6) is 1.62. The van der Waals surface area contributed by atoms with Crippen LogP contribution in [-0.2, 0) is 11.2 Å². The normalized spacial score (nSPS) is 10.1. The van der Waals surface area contributed by atoms with Crippen molar-refractivity contribution >= 4 is 5.91 Å². The van der Waals surface area contributed by atoms with Crippen LogP contribution in [0.15, 0.2) is 18.2 Å². The van der Waals surface area contributed by atoms with Gasteiger partial charge in [0.15, 0.2) is 0 Å². The van der Waals surface area contributed by atoms with Crippen LogP contribution in [0.2, 0.25) is 0 Å². The SMILES string of the molecule is COc1ccc(OC)c(CCNC(=O)CCCN)c1. The molecule has 3 N–H and O–H groups in total. The molecule has 0 aliphatic carbocycles.